The number of rotatable bonds is 5. The molecule has 2 atom stereocenters. The van der Waals surface area contributed by atoms with Crippen LogP contribution in [0, 0.1) is 11.8 Å². The standard InChI is InChI=1S/C19H25N3O3/c1-13(2)14-3-5-15(6-4-14)20-18(24)16-11-17(16)19(25)22-9-7-21(12-23)8-10-22/h3-6,12-13,16-17H,7-11H2,1-2H3,(H,20,24). The summed E-state index contributed by atoms with van der Waals surface area (Å²) in [6.07, 6.45) is 1.43. The molecule has 0 aromatic heterocycles. The highest BCUT2D eigenvalue weighted by Crippen LogP contribution is 2.41. The van der Waals surface area contributed by atoms with Crippen molar-refractivity contribution in [3.05, 3.63) is 29.8 Å². The molecule has 3 rings (SSSR count). The number of anilines is 1. The van der Waals surface area contributed by atoms with E-state index in [1.807, 2.05) is 24.3 Å². The third-order valence-corrected chi connectivity index (χ3v) is 5.06. The molecule has 1 aromatic carbocycles. The number of amides is 3. The normalized spacial score (nSPS) is 22.7. The molecular formula is C19H25N3O3. The van der Waals surface area contributed by atoms with Crippen LogP contribution in [-0.2, 0) is 14.4 Å². The summed E-state index contributed by atoms with van der Waals surface area (Å²) < 4.78 is 0. The van der Waals surface area contributed by atoms with Gasteiger partial charge < -0.3 is 15.1 Å². The highest BCUT2D eigenvalue weighted by Gasteiger charge is 2.49. The van der Waals surface area contributed by atoms with E-state index in [-0.39, 0.29) is 23.7 Å². The van der Waals surface area contributed by atoms with Gasteiger partial charge in [-0.2, -0.15) is 0 Å². The summed E-state index contributed by atoms with van der Waals surface area (Å²) in [5.41, 5.74) is 2.00. The molecule has 0 radical (unpaired) electrons. The molecule has 1 heterocycles. The van der Waals surface area contributed by atoms with Gasteiger partial charge in [0.25, 0.3) is 0 Å². The minimum atomic E-state index is -0.235. The topological polar surface area (TPSA) is 69.7 Å². The lowest BCUT2D eigenvalue weighted by atomic mass is 10.0. The van der Waals surface area contributed by atoms with Gasteiger partial charge in [-0.05, 0) is 30.0 Å². The Kier molecular flexibility index (Phi) is 5.06. The molecule has 3 amide bonds. The minimum absolute atomic E-state index is 0.0425. The van der Waals surface area contributed by atoms with Gasteiger partial charge in [-0.25, -0.2) is 0 Å². The van der Waals surface area contributed by atoms with Gasteiger partial charge in [0.15, 0.2) is 0 Å². The van der Waals surface area contributed by atoms with Crippen molar-refractivity contribution >= 4 is 23.9 Å². The van der Waals surface area contributed by atoms with Gasteiger partial charge in [0.1, 0.15) is 0 Å². The second-order valence-corrected chi connectivity index (χ2v) is 7.18. The molecule has 1 aromatic rings. The first-order valence-corrected chi connectivity index (χ1v) is 8.88. The van der Waals surface area contributed by atoms with E-state index < -0.39 is 0 Å². The lowest BCUT2D eigenvalue weighted by molar-refractivity contribution is -0.137. The van der Waals surface area contributed by atoms with Crippen LogP contribution in [0.25, 0.3) is 0 Å². The van der Waals surface area contributed by atoms with Gasteiger partial charge in [0.2, 0.25) is 18.2 Å². The van der Waals surface area contributed by atoms with E-state index >= 15 is 0 Å². The Hall–Kier alpha value is -2.37. The smallest absolute Gasteiger partial charge is 0.228 e. The van der Waals surface area contributed by atoms with Crippen molar-refractivity contribution in [1.82, 2.24) is 9.80 Å². The average molecular weight is 343 g/mol. The van der Waals surface area contributed by atoms with Crippen LogP contribution in [0.5, 0.6) is 0 Å². The molecule has 0 bridgehead atoms. The summed E-state index contributed by atoms with van der Waals surface area (Å²) in [6.45, 7) is 6.51. The molecule has 2 fully saturated rings. The third-order valence-electron chi connectivity index (χ3n) is 5.06. The van der Waals surface area contributed by atoms with Crippen LogP contribution < -0.4 is 5.32 Å². The molecule has 1 N–H and O–H groups in total. The summed E-state index contributed by atoms with van der Waals surface area (Å²) in [6, 6.07) is 7.85. The van der Waals surface area contributed by atoms with Crippen LogP contribution in [0.1, 0.15) is 31.7 Å². The van der Waals surface area contributed by atoms with Crippen LogP contribution >= 0.6 is 0 Å². The van der Waals surface area contributed by atoms with E-state index in [2.05, 4.69) is 19.2 Å². The molecule has 25 heavy (non-hydrogen) atoms. The lowest BCUT2D eigenvalue weighted by Crippen LogP contribution is -2.48. The lowest BCUT2D eigenvalue weighted by Gasteiger charge is -2.32. The zero-order valence-electron chi connectivity index (χ0n) is 14.8. The number of nitrogens with zero attached hydrogens (tertiary/aromatic N) is 2. The summed E-state index contributed by atoms with van der Waals surface area (Å²) in [5, 5.41) is 2.91. The first-order chi connectivity index (χ1) is 12.0. The predicted octanol–water partition coefficient (Wildman–Crippen LogP) is 1.69. The molecule has 1 aliphatic heterocycles. The number of carbonyl (C=O) groups excluding carboxylic acids is 3. The fourth-order valence-corrected chi connectivity index (χ4v) is 3.23. The van der Waals surface area contributed by atoms with E-state index in [0.29, 0.717) is 38.5 Å². The average Bonchev–Trinajstić information content (AvgIpc) is 3.42. The van der Waals surface area contributed by atoms with Crippen molar-refractivity contribution < 1.29 is 14.4 Å². The molecule has 6 heteroatoms. The van der Waals surface area contributed by atoms with Gasteiger partial charge in [0.05, 0.1) is 11.8 Å². The van der Waals surface area contributed by atoms with Gasteiger partial charge in [-0.1, -0.05) is 26.0 Å². The first-order valence-electron chi connectivity index (χ1n) is 8.88. The highest BCUT2D eigenvalue weighted by molar-refractivity contribution is 5.99. The molecule has 134 valence electrons. The monoisotopic (exact) mass is 343 g/mol. The number of hydrogen-bond donors (Lipinski definition) is 1. The Bertz CT molecular complexity index is 648. The fourth-order valence-electron chi connectivity index (χ4n) is 3.23. The zero-order valence-corrected chi connectivity index (χ0v) is 14.8. The number of hydrogen-bond acceptors (Lipinski definition) is 3. The van der Waals surface area contributed by atoms with E-state index in [4.69, 9.17) is 0 Å². The molecule has 2 aliphatic rings. The second kappa shape index (κ2) is 7.25. The Morgan fingerprint density at radius 1 is 1.08 bits per heavy atom. The van der Waals surface area contributed by atoms with E-state index in [9.17, 15) is 14.4 Å². The van der Waals surface area contributed by atoms with Crippen molar-refractivity contribution in [2.24, 2.45) is 11.8 Å². The maximum absolute atomic E-state index is 12.5. The van der Waals surface area contributed by atoms with E-state index in [1.165, 1.54) is 5.56 Å². The fraction of sp³-hybridized carbons (Fsp3) is 0.526. The van der Waals surface area contributed by atoms with Crippen LogP contribution in [0.3, 0.4) is 0 Å². The predicted molar refractivity (Wildman–Crippen MR) is 95.0 cm³/mol. The molecule has 2 unspecified atom stereocenters. The number of piperazine rings is 1. The maximum atomic E-state index is 12.5. The Labute approximate surface area is 148 Å². The summed E-state index contributed by atoms with van der Waals surface area (Å²) in [5.74, 6) is -0.0306. The van der Waals surface area contributed by atoms with E-state index in [1.54, 1.807) is 9.80 Å². The van der Waals surface area contributed by atoms with Crippen molar-refractivity contribution in [3.63, 3.8) is 0 Å². The summed E-state index contributed by atoms with van der Waals surface area (Å²) in [7, 11) is 0. The first kappa shape index (κ1) is 17.5. The van der Waals surface area contributed by atoms with Gasteiger partial charge in [-0.3, -0.25) is 14.4 Å². The minimum Gasteiger partial charge on any atom is -0.342 e. The van der Waals surface area contributed by atoms with Crippen molar-refractivity contribution in [1.29, 1.82) is 0 Å². The number of nitrogens with one attached hydrogen (secondary N) is 1. The summed E-state index contributed by atoms with van der Waals surface area (Å²) >= 11 is 0. The Morgan fingerprint density at radius 3 is 2.28 bits per heavy atom. The molecule has 1 saturated heterocycles. The van der Waals surface area contributed by atoms with Crippen LogP contribution in [0.2, 0.25) is 0 Å². The van der Waals surface area contributed by atoms with Crippen LogP contribution in [0.4, 0.5) is 5.69 Å². The molecule has 1 saturated carbocycles. The molecule has 0 spiro atoms. The van der Waals surface area contributed by atoms with E-state index in [0.717, 1.165) is 12.1 Å². The molecule has 1 aliphatic carbocycles. The van der Waals surface area contributed by atoms with Crippen LogP contribution in [-0.4, -0.2) is 54.2 Å². The van der Waals surface area contributed by atoms with Crippen molar-refractivity contribution in [3.8, 4) is 0 Å². The van der Waals surface area contributed by atoms with Gasteiger partial charge in [-0.15, -0.1) is 0 Å². The van der Waals surface area contributed by atoms with Crippen LogP contribution in [0.15, 0.2) is 24.3 Å². The van der Waals surface area contributed by atoms with Gasteiger partial charge >= 0.3 is 0 Å². The third kappa shape index (κ3) is 4.00. The Morgan fingerprint density at radius 2 is 1.72 bits per heavy atom. The Balaban J connectivity index is 1.50. The molecular weight excluding hydrogens is 318 g/mol. The molecule has 6 nitrogen and oxygen atoms in total. The second-order valence-electron chi connectivity index (χ2n) is 7.18. The largest absolute Gasteiger partial charge is 0.342 e. The van der Waals surface area contributed by atoms with Gasteiger partial charge in [0, 0.05) is 31.9 Å². The maximum Gasteiger partial charge on any atom is 0.228 e. The number of carbonyl (C=O) groups is 3. The zero-order chi connectivity index (χ0) is 18.0. The summed E-state index contributed by atoms with van der Waals surface area (Å²) in [4.78, 5) is 39.0. The number of benzene rings is 1. The quantitative estimate of drug-likeness (QED) is 0.827. The SMILES string of the molecule is CC(C)c1ccc(NC(=O)C2CC2C(=O)N2CCN(C=O)CC2)cc1. The van der Waals surface area contributed by atoms with Crippen molar-refractivity contribution in [2.45, 2.75) is 26.2 Å². The van der Waals surface area contributed by atoms with Crippen molar-refractivity contribution in [2.75, 3.05) is 31.5 Å². The highest BCUT2D eigenvalue weighted by atomic mass is 16.2.